The molecule has 8 heteroatoms. The van der Waals surface area contributed by atoms with Crippen molar-refractivity contribution in [1.29, 1.82) is 0 Å². The first-order valence-corrected chi connectivity index (χ1v) is 7.85. The lowest BCUT2D eigenvalue weighted by atomic mass is 10.3. The van der Waals surface area contributed by atoms with Gasteiger partial charge in [-0.2, -0.15) is 5.10 Å². The lowest BCUT2D eigenvalue weighted by Crippen LogP contribution is -2.40. The van der Waals surface area contributed by atoms with Crippen LogP contribution in [0.3, 0.4) is 0 Å². The van der Waals surface area contributed by atoms with Crippen molar-refractivity contribution in [3.05, 3.63) is 35.8 Å². The number of hydrogen-bond acceptors (Lipinski definition) is 4. The Morgan fingerprint density at radius 2 is 2.08 bits per heavy atom. The fourth-order valence-corrected chi connectivity index (χ4v) is 2.28. The van der Waals surface area contributed by atoms with Crippen molar-refractivity contribution >= 4 is 17.6 Å². The van der Waals surface area contributed by atoms with E-state index in [0.29, 0.717) is 11.5 Å². The molecule has 0 saturated heterocycles. The molecule has 2 heterocycles. The average molecular weight is 328 g/mol. The van der Waals surface area contributed by atoms with Crippen LogP contribution in [-0.2, 0) is 4.79 Å². The van der Waals surface area contributed by atoms with Crippen LogP contribution in [0.4, 0.5) is 10.5 Å². The van der Waals surface area contributed by atoms with Crippen LogP contribution in [0.15, 0.2) is 24.4 Å². The zero-order valence-electron chi connectivity index (χ0n) is 13.7. The van der Waals surface area contributed by atoms with Gasteiger partial charge in [-0.3, -0.25) is 4.79 Å². The van der Waals surface area contributed by atoms with Crippen molar-refractivity contribution in [3.63, 3.8) is 0 Å². The number of anilines is 1. The monoisotopic (exact) mass is 328 g/mol. The van der Waals surface area contributed by atoms with E-state index < -0.39 is 0 Å². The van der Waals surface area contributed by atoms with Gasteiger partial charge in [0, 0.05) is 11.7 Å². The van der Waals surface area contributed by atoms with Gasteiger partial charge in [-0.15, -0.1) is 0 Å². The minimum absolute atomic E-state index is 0.0856. The van der Waals surface area contributed by atoms with Crippen molar-refractivity contribution in [2.45, 2.75) is 32.7 Å². The van der Waals surface area contributed by atoms with Crippen LogP contribution in [0.5, 0.6) is 0 Å². The Labute approximate surface area is 139 Å². The van der Waals surface area contributed by atoms with Crippen molar-refractivity contribution in [1.82, 2.24) is 25.4 Å². The van der Waals surface area contributed by atoms with Gasteiger partial charge < -0.3 is 16.0 Å². The predicted molar refractivity (Wildman–Crippen MR) is 89.0 cm³/mol. The zero-order valence-corrected chi connectivity index (χ0v) is 13.7. The van der Waals surface area contributed by atoms with E-state index in [4.69, 9.17) is 0 Å². The highest BCUT2D eigenvalue weighted by atomic mass is 16.2. The van der Waals surface area contributed by atoms with Crippen LogP contribution in [-0.4, -0.2) is 39.3 Å². The number of nitrogens with one attached hydrogen (secondary N) is 3. The molecule has 2 aromatic heterocycles. The molecular weight excluding hydrogens is 308 g/mol. The number of aromatic nitrogens is 3. The predicted octanol–water partition coefficient (Wildman–Crippen LogP) is 1.28. The second kappa shape index (κ2) is 6.69. The molecule has 1 aliphatic rings. The van der Waals surface area contributed by atoms with Crippen molar-refractivity contribution < 1.29 is 9.59 Å². The molecule has 2 aromatic rings. The molecule has 3 N–H and O–H groups in total. The van der Waals surface area contributed by atoms with E-state index in [1.165, 1.54) is 0 Å². The molecular formula is C16H20N6O2. The number of aryl methyl sites for hydroxylation is 2. The average Bonchev–Trinajstić information content (AvgIpc) is 3.29. The van der Waals surface area contributed by atoms with Gasteiger partial charge in [0.25, 0.3) is 0 Å². The molecule has 0 aliphatic heterocycles. The molecule has 8 nitrogen and oxygen atoms in total. The van der Waals surface area contributed by atoms with Crippen LogP contribution >= 0.6 is 0 Å². The maximum Gasteiger partial charge on any atom is 0.315 e. The Morgan fingerprint density at radius 1 is 1.29 bits per heavy atom. The SMILES string of the molecule is Cc1cc(C)n(-c2ccc(NC(=O)CNC(=O)NC3CC3)cn2)n1. The molecule has 0 spiro atoms. The molecule has 1 fully saturated rings. The first kappa shape index (κ1) is 16.0. The van der Waals surface area contributed by atoms with Gasteiger partial charge in [-0.05, 0) is 44.9 Å². The fraction of sp³-hybridized carbons (Fsp3) is 0.375. The van der Waals surface area contributed by atoms with E-state index in [-0.39, 0.29) is 24.5 Å². The quantitative estimate of drug-likeness (QED) is 0.769. The zero-order chi connectivity index (χ0) is 17.1. The third kappa shape index (κ3) is 4.09. The summed E-state index contributed by atoms with van der Waals surface area (Å²) >= 11 is 0. The van der Waals surface area contributed by atoms with E-state index in [0.717, 1.165) is 24.2 Å². The molecule has 24 heavy (non-hydrogen) atoms. The van der Waals surface area contributed by atoms with Gasteiger partial charge in [0.05, 0.1) is 24.1 Å². The standard InChI is InChI=1S/C16H20N6O2/c1-10-7-11(2)22(21-10)14-6-5-13(8-17-14)19-15(23)9-18-16(24)20-12-3-4-12/h5-8,12H,3-4,9H2,1-2H3,(H,19,23)(H2,18,20,24). The molecule has 0 atom stereocenters. The molecule has 3 amide bonds. The third-order valence-electron chi connectivity index (χ3n) is 3.58. The van der Waals surface area contributed by atoms with Crippen LogP contribution in [0.2, 0.25) is 0 Å². The maximum atomic E-state index is 11.8. The largest absolute Gasteiger partial charge is 0.335 e. The first-order chi connectivity index (χ1) is 11.5. The summed E-state index contributed by atoms with van der Waals surface area (Å²) in [6.07, 6.45) is 3.58. The lowest BCUT2D eigenvalue weighted by Gasteiger charge is -2.08. The minimum atomic E-state index is -0.314. The summed E-state index contributed by atoms with van der Waals surface area (Å²) in [7, 11) is 0. The van der Waals surface area contributed by atoms with Gasteiger partial charge in [0.15, 0.2) is 5.82 Å². The van der Waals surface area contributed by atoms with Crippen molar-refractivity contribution in [2.24, 2.45) is 0 Å². The van der Waals surface area contributed by atoms with E-state index >= 15 is 0 Å². The van der Waals surface area contributed by atoms with E-state index in [1.807, 2.05) is 19.9 Å². The Morgan fingerprint density at radius 3 is 2.67 bits per heavy atom. The Bertz CT molecular complexity index is 748. The number of pyridine rings is 1. The number of carbonyl (C=O) groups excluding carboxylic acids is 2. The van der Waals surface area contributed by atoms with Crippen molar-refractivity contribution in [3.8, 4) is 5.82 Å². The van der Waals surface area contributed by atoms with Crippen molar-refractivity contribution in [2.75, 3.05) is 11.9 Å². The summed E-state index contributed by atoms with van der Waals surface area (Å²) < 4.78 is 1.74. The third-order valence-corrected chi connectivity index (χ3v) is 3.58. The summed E-state index contributed by atoms with van der Waals surface area (Å²) in [6, 6.07) is 5.45. The molecule has 0 unspecified atom stereocenters. The highest BCUT2D eigenvalue weighted by molar-refractivity contribution is 5.94. The van der Waals surface area contributed by atoms with Crippen LogP contribution in [0, 0.1) is 13.8 Å². The second-order valence-corrected chi connectivity index (χ2v) is 5.89. The van der Waals surface area contributed by atoms with Gasteiger partial charge in [-0.25, -0.2) is 14.5 Å². The number of hydrogen-bond donors (Lipinski definition) is 3. The molecule has 1 aliphatic carbocycles. The number of amides is 3. The van der Waals surface area contributed by atoms with E-state index in [9.17, 15) is 9.59 Å². The lowest BCUT2D eigenvalue weighted by molar-refractivity contribution is -0.115. The molecule has 0 radical (unpaired) electrons. The summed E-state index contributed by atoms with van der Waals surface area (Å²) in [6.45, 7) is 3.79. The highest BCUT2D eigenvalue weighted by Gasteiger charge is 2.23. The van der Waals surface area contributed by atoms with Crippen LogP contribution in [0.1, 0.15) is 24.2 Å². The Balaban J connectivity index is 1.52. The minimum Gasteiger partial charge on any atom is -0.335 e. The molecule has 3 rings (SSSR count). The van der Waals surface area contributed by atoms with Gasteiger partial charge in [0.1, 0.15) is 0 Å². The summed E-state index contributed by atoms with van der Waals surface area (Å²) in [5.41, 5.74) is 2.47. The number of nitrogens with zero attached hydrogens (tertiary/aromatic N) is 3. The first-order valence-electron chi connectivity index (χ1n) is 7.85. The number of rotatable bonds is 5. The van der Waals surface area contributed by atoms with Crippen LogP contribution in [0.25, 0.3) is 5.82 Å². The van der Waals surface area contributed by atoms with Gasteiger partial charge in [0.2, 0.25) is 5.91 Å². The molecule has 0 aromatic carbocycles. The maximum absolute atomic E-state index is 11.8. The normalized spacial score (nSPS) is 13.4. The Kier molecular flexibility index (Phi) is 4.45. The smallest absolute Gasteiger partial charge is 0.315 e. The summed E-state index contributed by atoms with van der Waals surface area (Å²) in [5.74, 6) is 0.377. The summed E-state index contributed by atoms with van der Waals surface area (Å²) in [5, 5.41) is 12.3. The fourth-order valence-electron chi connectivity index (χ4n) is 2.28. The van der Waals surface area contributed by atoms with E-state index in [1.54, 1.807) is 23.0 Å². The number of carbonyl (C=O) groups is 2. The highest BCUT2D eigenvalue weighted by Crippen LogP contribution is 2.18. The van der Waals surface area contributed by atoms with E-state index in [2.05, 4.69) is 26.0 Å². The topological polar surface area (TPSA) is 101 Å². The number of urea groups is 1. The molecule has 126 valence electrons. The second-order valence-electron chi connectivity index (χ2n) is 5.89. The molecule has 0 bridgehead atoms. The van der Waals surface area contributed by atoms with Gasteiger partial charge in [-0.1, -0.05) is 0 Å². The Hall–Kier alpha value is -2.90. The molecule has 1 saturated carbocycles. The van der Waals surface area contributed by atoms with Crippen LogP contribution < -0.4 is 16.0 Å². The summed E-state index contributed by atoms with van der Waals surface area (Å²) in [4.78, 5) is 27.6. The van der Waals surface area contributed by atoms with Gasteiger partial charge >= 0.3 is 6.03 Å².